The maximum Gasteiger partial charge on any atom is 0.410 e. The molecule has 0 bridgehead atoms. The van der Waals surface area contributed by atoms with E-state index in [9.17, 15) is 13.2 Å². The predicted octanol–water partition coefficient (Wildman–Crippen LogP) is 2.14. The lowest BCUT2D eigenvalue weighted by atomic mass is 9.89. The molecular weight excluding hydrogens is 294 g/mol. The van der Waals surface area contributed by atoms with E-state index >= 15 is 0 Å². The minimum Gasteiger partial charge on any atom is -0.444 e. The van der Waals surface area contributed by atoms with E-state index in [1.165, 1.54) is 0 Å². The molecular formula is C14H25NO5S. The van der Waals surface area contributed by atoms with Crippen molar-refractivity contribution in [3.8, 4) is 0 Å². The molecule has 21 heavy (non-hydrogen) atoms. The maximum absolute atomic E-state index is 12.0. The molecule has 1 aliphatic carbocycles. The summed E-state index contributed by atoms with van der Waals surface area (Å²) in [5.74, 6) is 0.200. The Labute approximate surface area is 126 Å². The van der Waals surface area contributed by atoms with Crippen molar-refractivity contribution in [2.24, 2.45) is 5.92 Å². The van der Waals surface area contributed by atoms with Gasteiger partial charge in [0, 0.05) is 13.1 Å². The van der Waals surface area contributed by atoms with Crippen LogP contribution in [0.2, 0.25) is 0 Å². The zero-order chi connectivity index (χ0) is 15.9. The Hall–Kier alpha value is -0.820. The van der Waals surface area contributed by atoms with E-state index in [4.69, 9.17) is 8.92 Å². The minimum atomic E-state index is -3.43. The van der Waals surface area contributed by atoms with E-state index in [1.54, 1.807) is 4.90 Å². The third-order valence-electron chi connectivity index (χ3n) is 3.95. The van der Waals surface area contributed by atoms with Crippen LogP contribution in [0.4, 0.5) is 4.79 Å². The normalized spacial score (nSPS) is 23.0. The van der Waals surface area contributed by atoms with Crippen LogP contribution in [-0.2, 0) is 19.0 Å². The molecule has 1 saturated heterocycles. The highest BCUT2D eigenvalue weighted by molar-refractivity contribution is 7.86. The van der Waals surface area contributed by atoms with Crippen LogP contribution in [-0.4, -0.2) is 50.0 Å². The van der Waals surface area contributed by atoms with E-state index in [2.05, 4.69) is 0 Å². The maximum atomic E-state index is 12.0. The van der Waals surface area contributed by atoms with Gasteiger partial charge in [-0.05, 0) is 52.4 Å². The first kappa shape index (κ1) is 16.5. The van der Waals surface area contributed by atoms with Crippen LogP contribution >= 0.6 is 0 Å². The molecule has 1 amide bonds. The standard InChI is InChI=1S/C14H25NO5S/c1-13(2,3)19-12(16)15-9-5-11(6-10-15)14(7-8-14)20-21(4,17)18/h11H,5-10H2,1-4H3. The van der Waals surface area contributed by atoms with Crippen molar-refractivity contribution >= 4 is 16.2 Å². The Morgan fingerprint density at radius 2 is 1.71 bits per heavy atom. The number of carbonyl (C=O) groups excluding carboxylic acids is 1. The summed E-state index contributed by atoms with van der Waals surface area (Å²) in [6.07, 6.45) is 3.90. The van der Waals surface area contributed by atoms with Crippen molar-refractivity contribution < 1.29 is 22.1 Å². The average Bonchev–Trinajstić information content (AvgIpc) is 3.05. The molecule has 0 aromatic rings. The first-order chi connectivity index (χ1) is 9.51. The predicted molar refractivity (Wildman–Crippen MR) is 78.4 cm³/mol. The van der Waals surface area contributed by atoms with Crippen LogP contribution in [0.15, 0.2) is 0 Å². The Bertz CT molecular complexity index is 496. The smallest absolute Gasteiger partial charge is 0.410 e. The highest BCUT2D eigenvalue weighted by atomic mass is 32.2. The molecule has 122 valence electrons. The van der Waals surface area contributed by atoms with Crippen LogP contribution in [0, 0.1) is 5.92 Å². The quantitative estimate of drug-likeness (QED) is 0.745. The van der Waals surface area contributed by atoms with E-state index < -0.39 is 21.3 Å². The van der Waals surface area contributed by atoms with Crippen LogP contribution in [0.1, 0.15) is 46.5 Å². The number of amides is 1. The lowest BCUT2D eigenvalue weighted by Crippen LogP contribution is -2.44. The van der Waals surface area contributed by atoms with Gasteiger partial charge in [-0.1, -0.05) is 0 Å². The summed E-state index contributed by atoms with van der Waals surface area (Å²) in [6.45, 7) is 6.72. The first-order valence-corrected chi connectivity index (χ1v) is 9.21. The second-order valence-corrected chi connectivity index (χ2v) is 8.67. The van der Waals surface area contributed by atoms with Gasteiger partial charge in [-0.3, -0.25) is 4.18 Å². The minimum absolute atomic E-state index is 0.200. The number of carbonyl (C=O) groups is 1. The van der Waals surface area contributed by atoms with Crippen molar-refractivity contribution in [3.63, 3.8) is 0 Å². The third-order valence-corrected chi connectivity index (χ3v) is 4.59. The number of hydrogen-bond acceptors (Lipinski definition) is 5. The number of nitrogens with zero attached hydrogens (tertiary/aromatic N) is 1. The molecule has 0 spiro atoms. The highest BCUT2D eigenvalue weighted by Gasteiger charge is 2.53. The Morgan fingerprint density at radius 1 is 1.19 bits per heavy atom. The van der Waals surface area contributed by atoms with Gasteiger partial charge >= 0.3 is 6.09 Å². The Balaban J connectivity index is 1.88. The van der Waals surface area contributed by atoms with Crippen LogP contribution in [0.5, 0.6) is 0 Å². The molecule has 1 heterocycles. The van der Waals surface area contributed by atoms with Crippen molar-refractivity contribution in [2.75, 3.05) is 19.3 Å². The molecule has 2 aliphatic rings. The second kappa shape index (κ2) is 5.43. The molecule has 2 fully saturated rings. The highest BCUT2D eigenvalue weighted by Crippen LogP contribution is 2.50. The van der Waals surface area contributed by atoms with Crippen molar-refractivity contribution in [1.82, 2.24) is 4.90 Å². The Kier molecular flexibility index (Phi) is 4.28. The summed E-state index contributed by atoms with van der Waals surface area (Å²) in [6, 6.07) is 0. The molecule has 0 atom stereocenters. The van der Waals surface area contributed by atoms with Crippen molar-refractivity contribution in [1.29, 1.82) is 0 Å². The summed E-state index contributed by atoms with van der Waals surface area (Å²) in [5.41, 5.74) is -1.00. The van der Waals surface area contributed by atoms with Crippen LogP contribution in [0.25, 0.3) is 0 Å². The van der Waals surface area contributed by atoms with Crippen molar-refractivity contribution in [3.05, 3.63) is 0 Å². The van der Waals surface area contributed by atoms with Crippen molar-refractivity contribution in [2.45, 2.75) is 57.7 Å². The van der Waals surface area contributed by atoms with Gasteiger partial charge in [-0.25, -0.2) is 4.79 Å². The summed E-state index contributed by atoms with van der Waals surface area (Å²) in [4.78, 5) is 13.7. The number of hydrogen-bond donors (Lipinski definition) is 0. The number of piperidine rings is 1. The summed E-state index contributed by atoms with van der Waals surface area (Å²) < 4.78 is 33.3. The molecule has 0 N–H and O–H groups in total. The van der Waals surface area contributed by atoms with Crippen LogP contribution in [0.3, 0.4) is 0 Å². The molecule has 7 heteroatoms. The fraction of sp³-hybridized carbons (Fsp3) is 0.929. The summed E-state index contributed by atoms with van der Waals surface area (Å²) in [7, 11) is -3.43. The molecule has 0 unspecified atom stereocenters. The van der Waals surface area contributed by atoms with Gasteiger partial charge in [0.15, 0.2) is 0 Å². The first-order valence-electron chi connectivity index (χ1n) is 7.39. The molecule has 1 saturated carbocycles. The van der Waals surface area contributed by atoms with Gasteiger partial charge in [-0.15, -0.1) is 0 Å². The van der Waals surface area contributed by atoms with Gasteiger partial charge in [0.2, 0.25) is 0 Å². The zero-order valence-corrected chi connectivity index (χ0v) is 14.0. The number of likely N-dealkylation sites (tertiary alicyclic amines) is 1. The molecule has 2 rings (SSSR count). The fourth-order valence-electron chi connectivity index (χ4n) is 2.90. The molecule has 6 nitrogen and oxygen atoms in total. The Morgan fingerprint density at radius 3 is 2.10 bits per heavy atom. The molecule has 1 aliphatic heterocycles. The van der Waals surface area contributed by atoms with E-state index in [0.717, 1.165) is 31.9 Å². The largest absolute Gasteiger partial charge is 0.444 e. The summed E-state index contributed by atoms with van der Waals surface area (Å²) in [5, 5.41) is 0. The van der Waals surface area contributed by atoms with E-state index in [1.807, 2.05) is 20.8 Å². The van der Waals surface area contributed by atoms with Crippen LogP contribution < -0.4 is 0 Å². The summed E-state index contributed by atoms with van der Waals surface area (Å²) >= 11 is 0. The van der Waals surface area contributed by atoms with E-state index in [-0.39, 0.29) is 12.0 Å². The lowest BCUT2D eigenvalue weighted by molar-refractivity contribution is 0.00822. The van der Waals surface area contributed by atoms with Gasteiger partial charge in [0.1, 0.15) is 5.60 Å². The topological polar surface area (TPSA) is 72.9 Å². The number of ether oxygens (including phenoxy) is 1. The monoisotopic (exact) mass is 319 g/mol. The fourth-order valence-corrected chi connectivity index (χ4v) is 3.80. The molecule has 0 radical (unpaired) electrons. The van der Waals surface area contributed by atoms with Gasteiger partial charge in [-0.2, -0.15) is 8.42 Å². The van der Waals surface area contributed by atoms with E-state index in [0.29, 0.717) is 13.1 Å². The third kappa shape index (κ3) is 4.57. The average molecular weight is 319 g/mol. The molecule has 0 aromatic carbocycles. The van der Waals surface area contributed by atoms with Gasteiger partial charge in [0.05, 0.1) is 11.9 Å². The number of rotatable bonds is 3. The van der Waals surface area contributed by atoms with Gasteiger partial charge in [0.25, 0.3) is 10.1 Å². The molecule has 0 aromatic heterocycles. The second-order valence-electron chi connectivity index (χ2n) is 7.09. The van der Waals surface area contributed by atoms with Gasteiger partial charge < -0.3 is 9.64 Å². The lowest BCUT2D eigenvalue weighted by Gasteiger charge is -2.36. The zero-order valence-electron chi connectivity index (χ0n) is 13.2. The SMILES string of the molecule is CC(C)(C)OC(=O)N1CCC(C2(OS(C)(=O)=O)CC2)CC1.